The highest BCUT2D eigenvalue weighted by Crippen LogP contribution is 2.24. The second kappa shape index (κ2) is 7.64. The summed E-state index contributed by atoms with van der Waals surface area (Å²) >= 11 is 0. The predicted molar refractivity (Wildman–Crippen MR) is 83.8 cm³/mol. The van der Waals surface area contributed by atoms with Crippen molar-refractivity contribution in [2.45, 2.75) is 19.4 Å². The fourth-order valence-electron chi connectivity index (χ4n) is 2.10. The van der Waals surface area contributed by atoms with Crippen molar-refractivity contribution in [3.05, 3.63) is 59.4 Å². The van der Waals surface area contributed by atoms with Crippen molar-refractivity contribution in [2.75, 3.05) is 19.3 Å². The van der Waals surface area contributed by atoms with Gasteiger partial charge in [0.15, 0.2) is 0 Å². The molecule has 0 spiro atoms. The van der Waals surface area contributed by atoms with Crippen LogP contribution in [0, 0.1) is 5.82 Å². The molecule has 0 heterocycles. The zero-order valence-electron chi connectivity index (χ0n) is 12.2. The standard InChI is InChI=1S/C17H21FN2O/c1-20-10-2-3-13-6-9-17(16(19)11-13)21-12-14-4-7-15(18)8-5-14/h4-9,11,20H,2-3,10,12,19H2,1H3. The molecule has 3 N–H and O–H groups in total. The molecule has 0 aromatic heterocycles. The molecule has 0 fully saturated rings. The van der Waals surface area contributed by atoms with Crippen molar-refractivity contribution in [2.24, 2.45) is 0 Å². The molecule has 2 rings (SSSR count). The van der Waals surface area contributed by atoms with E-state index in [2.05, 4.69) is 5.32 Å². The number of nitrogen functional groups attached to an aromatic ring is 1. The summed E-state index contributed by atoms with van der Waals surface area (Å²) in [5.41, 5.74) is 8.77. The summed E-state index contributed by atoms with van der Waals surface area (Å²) in [5, 5.41) is 3.12. The maximum Gasteiger partial charge on any atom is 0.142 e. The highest BCUT2D eigenvalue weighted by molar-refractivity contribution is 5.54. The third-order valence-electron chi connectivity index (χ3n) is 3.27. The summed E-state index contributed by atoms with van der Waals surface area (Å²) in [6.45, 7) is 1.37. The van der Waals surface area contributed by atoms with E-state index in [1.54, 1.807) is 12.1 Å². The maximum atomic E-state index is 12.8. The first-order chi connectivity index (χ1) is 10.2. The van der Waals surface area contributed by atoms with E-state index < -0.39 is 0 Å². The van der Waals surface area contributed by atoms with Gasteiger partial charge in [0.05, 0.1) is 5.69 Å². The fraction of sp³-hybridized carbons (Fsp3) is 0.294. The summed E-state index contributed by atoms with van der Waals surface area (Å²) < 4.78 is 18.5. The van der Waals surface area contributed by atoms with E-state index in [1.807, 2.05) is 25.2 Å². The third-order valence-corrected chi connectivity index (χ3v) is 3.27. The van der Waals surface area contributed by atoms with Crippen LogP contribution in [0.3, 0.4) is 0 Å². The second-order valence-corrected chi connectivity index (χ2v) is 4.99. The molecule has 3 nitrogen and oxygen atoms in total. The summed E-state index contributed by atoms with van der Waals surface area (Å²) in [4.78, 5) is 0. The molecule has 0 saturated heterocycles. The first-order valence-corrected chi connectivity index (χ1v) is 7.09. The molecule has 0 aliphatic heterocycles. The van der Waals surface area contributed by atoms with Crippen molar-refractivity contribution in [3.63, 3.8) is 0 Å². The monoisotopic (exact) mass is 288 g/mol. The van der Waals surface area contributed by atoms with Gasteiger partial charge in [-0.25, -0.2) is 4.39 Å². The van der Waals surface area contributed by atoms with Gasteiger partial charge in [0.2, 0.25) is 0 Å². The zero-order valence-corrected chi connectivity index (χ0v) is 12.2. The summed E-state index contributed by atoms with van der Waals surface area (Å²) in [6.07, 6.45) is 2.06. The van der Waals surface area contributed by atoms with Crippen LogP contribution < -0.4 is 15.8 Å². The third kappa shape index (κ3) is 4.76. The number of aryl methyl sites for hydroxylation is 1. The molecule has 0 aliphatic rings. The van der Waals surface area contributed by atoms with Crippen LogP contribution in [-0.4, -0.2) is 13.6 Å². The number of nitrogens with two attached hydrogens (primary N) is 1. The smallest absolute Gasteiger partial charge is 0.142 e. The van der Waals surface area contributed by atoms with E-state index in [-0.39, 0.29) is 5.82 Å². The highest BCUT2D eigenvalue weighted by atomic mass is 19.1. The second-order valence-electron chi connectivity index (χ2n) is 4.99. The van der Waals surface area contributed by atoms with Gasteiger partial charge in [-0.3, -0.25) is 0 Å². The SMILES string of the molecule is CNCCCc1ccc(OCc2ccc(F)cc2)c(N)c1. The Morgan fingerprint density at radius 1 is 1.10 bits per heavy atom. The molecule has 0 radical (unpaired) electrons. The van der Waals surface area contributed by atoms with E-state index in [1.165, 1.54) is 17.7 Å². The normalized spacial score (nSPS) is 10.6. The lowest BCUT2D eigenvalue weighted by molar-refractivity contribution is 0.307. The van der Waals surface area contributed by atoms with Gasteiger partial charge >= 0.3 is 0 Å². The largest absolute Gasteiger partial charge is 0.487 e. The number of hydrogen-bond donors (Lipinski definition) is 2. The van der Waals surface area contributed by atoms with E-state index in [0.29, 0.717) is 18.0 Å². The topological polar surface area (TPSA) is 47.3 Å². The van der Waals surface area contributed by atoms with Crippen LogP contribution in [0.2, 0.25) is 0 Å². The number of nitrogens with one attached hydrogen (secondary N) is 1. The molecular formula is C17H21FN2O. The molecular weight excluding hydrogens is 267 g/mol. The maximum absolute atomic E-state index is 12.8. The molecule has 0 amide bonds. The molecule has 2 aromatic rings. The summed E-state index contributed by atoms with van der Waals surface area (Å²) in [6, 6.07) is 12.1. The Morgan fingerprint density at radius 2 is 1.81 bits per heavy atom. The van der Waals surface area contributed by atoms with Crippen LogP contribution in [0.1, 0.15) is 17.5 Å². The van der Waals surface area contributed by atoms with Gasteiger partial charge in [-0.15, -0.1) is 0 Å². The molecule has 0 bridgehead atoms. The number of halogens is 1. The number of benzene rings is 2. The number of hydrogen-bond acceptors (Lipinski definition) is 3. The van der Waals surface area contributed by atoms with Crippen LogP contribution in [0.5, 0.6) is 5.75 Å². The van der Waals surface area contributed by atoms with E-state index in [9.17, 15) is 4.39 Å². The fourth-order valence-corrected chi connectivity index (χ4v) is 2.10. The van der Waals surface area contributed by atoms with Gasteiger partial charge < -0.3 is 15.8 Å². The lowest BCUT2D eigenvalue weighted by Crippen LogP contribution is -2.08. The number of ether oxygens (including phenoxy) is 1. The van der Waals surface area contributed by atoms with Crippen LogP contribution in [0.4, 0.5) is 10.1 Å². The van der Waals surface area contributed by atoms with Gasteiger partial charge in [0.25, 0.3) is 0 Å². The Balaban J connectivity index is 1.92. The predicted octanol–water partition coefficient (Wildman–Crippen LogP) is 3.14. The van der Waals surface area contributed by atoms with Crippen LogP contribution >= 0.6 is 0 Å². The van der Waals surface area contributed by atoms with Gasteiger partial charge in [0, 0.05) is 0 Å². The summed E-state index contributed by atoms with van der Waals surface area (Å²) in [7, 11) is 1.95. The Morgan fingerprint density at radius 3 is 2.48 bits per heavy atom. The van der Waals surface area contributed by atoms with Crippen LogP contribution in [0.25, 0.3) is 0 Å². The molecule has 0 unspecified atom stereocenters. The van der Waals surface area contributed by atoms with Crippen molar-refractivity contribution in [1.29, 1.82) is 0 Å². The van der Waals surface area contributed by atoms with Crippen molar-refractivity contribution < 1.29 is 9.13 Å². The van der Waals surface area contributed by atoms with Gasteiger partial charge in [-0.05, 0) is 61.8 Å². The molecule has 21 heavy (non-hydrogen) atoms. The average Bonchev–Trinajstić information content (AvgIpc) is 2.48. The lowest BCUT2D eigenvalue weighted by atomic mass is 10.1. The number of rotatable bonds is 7. The van der Waals surface area contributed by atoms with Crippen molar-refractivity contribution >= 4 is 5.69 Å². The van der Waals surface area contributed by atoms with E-state index in [4.69, 9.17) is 10.5 Å². The Hall–Kier alpha value is -2.07. The Labute approximate surface area is 124 Å². The number of anilines is 1. The van der Waals surface area contributed by atoms with E-state index >= 15 is 0 Å². The molecule has 0 saturated carbocycles. The minimum atomic E-state index is -0.246. The molecule has 4 heteroatoms. The van der Waals surface area contributed by atoms with E-state index in [0.717, 1.165) is 24.9 Å². The Bertz CT molecular complexity index is 570. The quantitative estimate of drug-likeness (QED) is 0.608. The first kappa shape index (κ1) is 15.3. The Kier molecular flexibility index (Phi) is 5.58. The lowest BCUT2D eigenvalue weighted by Gasteiger charge is -2.10. The minimum Gasteiger partial charge on any atom is -0.487 e. The molecule has 112 valence electrons. The van der Waals surface area contributed by atoms with Gasteiger partial charge in [-0.1, -0.05) is 18.2 Å². The zero-order chi connectivity index (χ0) is 15.1. The average molecular weight is 288 g/mol. The highest BCUT2D eigenvalue weighted by Gasteiger charge is 2.03. The van der Waals surface area contributed by atoms with Gasteiger partial charge in [0.1, 0.15) is 18.2 Å². The van der Waals surface area contributed by atoms with Crippen molar-refractivity contribution in [1.82, 2.24) is 5.32 Å². The molecule has 2 aromatic carbocycles. The molecule has 0 aliphatic carbocycles. The van der Waals surface area contributed by atoms with Gasteiger partial charge in [-0.2, -0.15) is 0 Å². The van der Waals surface area contributed by atoms with Crippen LogP contribution in [0.15, 0.2) is 42.5 Å². The molecule has 0 atom stereocenters. The first-order valence-electron chi connectivity index (χ1n) is 7.09. The summed E-state index contributed by atoms with van der Waals surface area (Å²) in [5.74, 6) is 0.417. The van der Waals surface area contributed by atoms with Crippen molar-refractivity contribution in [3.8, 4) is 5.75 Å². The van der Waals surface area contributed by atoms with Crippen LogP contribution in [-0.2, 0) is 13.0 Å². The minimum absolute atomic E-state index is 0.246.